The van der Waals surface area contributed by atoms with Crippen molar-refractivity contribution >= 4 is 17.7 Å². The molecule has 0 saturated carbocycles. The summed E-state index contributed by atoms with van der Waals surface area (Å²) in [6.07, 6.45) is 5.53. The summed E-state index contributed by atoms with van der Waals surface area (Å²) in [5, 5.41) is 9.83. The quantitative estimate of drug-likeness (QED) is 0.558. The number of nitrogens with zero attached hydrogens (tertiary/aromatic N) is 3. The van der Waals surface area contributed by atoms with Crippen LogP contribution in [0.25, 0.3) is 16.9 Å². The molecule has 4 rings (SSSR count). The monoisotopic (exact) mass is 332 g/mol. The Hall–Kier alpha value is -3.54. The highest BCUT2D eigenvalue weighted by Gasteiger charge is 2.15. The summed E-state index contributed by atoms with van der Waals surface area (Å²) in [4.78, 5) is 12.4. The zero-order valence-corrected chi connectivity index (χ0v) is 13.5. The van der Waals surface area contributed by atoms with Gasteiger partial charge in [-0.15, -0.1) is 0 Å². The zero-order valence-electron chi connectivity index (χ0n) is 13.5. The number of phenols is 1. The number of aromatic amines is 1. The lowest BCUT2D eigenvalue weighted by atomic mass is 10.1. The molecule has 1 aromatic carbocycles. The highest BCUT2D eigenvalue weighted by molar-refractivity contribution is 5.84. The fourth-order valence-electron chi connectivity index (χ4n) is 2.68. The number of imidazole rings is 1. The fourth-order valence-corrected chi connectivity index (χ4v) is 2.68. The van der Waals surface area contributed by atoms with E-state index in [1.54, 1.807) is 24.4 Å². The fraction of sp³-hybridized carbons (Fsp3) is 0.0526. The van der Waals surface area contributed by atoms with Crippen LogP contribution in [-0.4, -0.2) is 32.8 Å². The summed E-state index contributed by atoms with van der Waals surface area (Å²) in [6, 6.07) is 14.8. The Balaban J connectivity index is 1.89. The van der Waals surface area contributed by atoms with Crippen LogP contribution >= 0.6 is 0 Å². The number of nitrogens with one attached hydrogen (secondary N) is 1. The van der Waals surface area contributed by atoms with Gasteiger partial charge in [0.1, 0.15) is 11.3 Å². The molecule has 0 atom stereocenters. The Labute approximate surface area is 144 Å². The van der Waals surface area contributed by atoms with Gasteiger partial charge in [-0.1, -0.05) is 6.07 Å². The number of fused-ring (bicyclic) bond motifs is 1. The molecule has 0 aliphatic rings. The third-order valence-corrected chi connectivity index (χ3v) is 3.91. The Morgan fingerprint density at radius 3 is 2.92 bits per heavy atom. The maximum absolute atomic E-state index is 9.83. The SMILES string of the molecule is COc1cc(-c2nc3ccccn3c2N=Cc2ccc[nH]2)ccc1O. The van der Waals surface area contributed by atoms with Gasteiger partial charge in [-0.2, -0.15) is 0 Å². The second kappa shape index (κ2) is 6.16. The number of hydrogen-bond acceptors (Lipinski definition) is 4. The van der Waals surface area contributed by atoms with Gasteiger partial charge in [-0.25, -0.2) is 9.98 Å². The van der Waals surface area contributed by atoms with E-state index >= 15 is 0 Å². The minimum atomic E-state index is 0.0893. The van der Waals surface area contributed by atoms with Crippen molar-refractivity contribution in [3.8, 4) is 22.8 Å². The number of pyridine rings is 1. The average Bonchev–Trinajstić information content (AvgIpc) is 3.28. The van der Waals surface area contributed by atoms with Crippen molar-refractivity contribution in [1.29, 1.82) is 0 Å². The summed E-state index contributed by atoms with van der Waals surface area (Å²) >= 11 is 0. The molecule has 0 fully saturated rings. The average molecular weight is 332 g/mol. The number of phenolic OH excluding ortho intramolecular Hbond substituents is 1. The standard InChI is InChI=1S/C19H16N4O2/c1-25-16-11-13(7-8-15(16)24)18-19(21-12-14-5-4-9-20-14)23-10-3-2-6-17(23)22-18/h2-12,20,24H,1H3. The van der Waals surface area contributed by atoms with Gasteiger partial charge in [0.25, 0.3) is 0 Å². The van der Waals surface area contributed by atoms with Gasteiger partial charge in [0.2, 0.25) is 0 Å². The molecule has 3 aromatic heterocycles. The minimum absolute atomic E-state index is 0.0893. The first-order chi connectivity index (χ1) is 12.3. The molecule has 0 spiro atoms. The number of rotatable bonds is 4. The molecular weight excluding hydrogens is 316 g/mol. The minimum Gasteiger partial charge on any atom is -0.504 e. The summed E-state index contributed by atoms with van der Waals surface area (Å²) < 4.78 is 7.14. The van der Waals surface area contributed by atoms with Crippen molar-refractivity contribution in [1.82, 2.24) is 14.4 Å². The van der Waals surface area contributed by atoms with Crippen LogP contribution in [0.2, 0.25) is 0 Å². The van der Waals surface area contributed by atoms with Crippen molar-refractivity contribution < 1.29 is 9.84 Å². The number of hydrogen-bond donors (Lipinski definition) is 2. The molecule has 6 heteroatoms. The van der Waals surface area contributed by atoms with E-state index in [-0.39, 0.29) is 5.75 Å². The summed E-state index contributed by atoms with van der Waals surface area (Å²) in [5.74, 6) is 1.19. The van der Waals surface area contributed by atoms with E-state index in [0.29, 0.717) is 17.3 Å². The van der Waals surface area contributed by atoms with E-state index < -0.39 is 0 Å². The lowest BCUT2D eigenvalue weighted by molar-refractivity contribution is 0.373. The maximum atomic E-state index is 9.83. The molecule has 2 N–H and O–H groups in total. The predicted octanol–water partition coefficient (Wildman–Crippen LogP) is 3.79. The van der Waals surface area contributed by atoms with E-state index in [1.165, 1.54) is 7.11 Å². The number of methoxy groups -OCH3 is 1. The van der Waals surface area contributed by atoms with Crippen LogP contribution in [0.4, 0.5) is 5.82 Å². The number of aliphatic imine (C=N–C) groups is 1. The number of ether oxygens (including phenoxy) is 1. The molecule has 0 saturated heterocycles. The van der Waals surface area contributed by atoms with E-state index in [9.17, 15) is 5.11 Å². The number of benzene rings is 1. The molecule has 0 bridgehead atoms. The first-order valence-corrected chi connectivity index (χ1v) is 7.78. The van der Waals surface area contributed by atoms with Crippen molar-refractivity contribution in [2.75, 3.05) is 7.11 Å². The highest BCUT2D eigenvalue weighted by atomic mass is 16.5. The summed E-state index contributed by atoms with van der Waals surface area (Å²) in [5.41, 5.74) is 3.23. The largest absolute Gasteiger partial charge is 0.504 e. The Kier molecular flexibility index (Phi) is 3.70. The van der Waals surface area contributed by atoms with Gasteiger partial charge in [0.15, 0.2) is 17.3 Å². The summed E-state index contributed by atoms with van der Waals surface area (Å²) in [7, 11) is 1.52. The van der Waals surface area contributed by atoms with E-state index in [2.05, 4.69) is 15.0 Å². The normalized spacial score (nSPS) is 11.4. The molecule has 0 radical (unpaired) electrons. The topological polar surface area (TPSA) is 74.9 Å². The first kappa shape index (κ1) is 15.0. The van der Waals surface area contributed by atoms with Crippen molar-refractivity contribution in [3.63, 3.8) is 0 Å². The Morgan fingerprint density at radius 1 is 1.20 bits per heavy atom. The molecule has 0 aliphatic heterocycles. The lowest BCUT2D eigenvalue weighted by Gasteiger charge is -2.05. The number of aromatic hydroxyl groups is 1. The molecule has 25 heavy (non-hydrogen) atoms. The second-order valence-electron chi connectivity index (χ2n) is 5.48. The van der Waals surface area contributed by atoms with Gasteiger partial charge in [-0.05, 0) is 42.5 Å². The number of aromatic nitrogens is 3. The first-order valence-electron chi connectivity index (χ1n) is 7.78. The van der Waals surface area contributed by atoms with E-state index in [1.807, 2.05) is 47.1 Å². The van der Waals surface area contributed by atoms with Crippen molar-refractivity contribution in [2.45, 2.75) is 0 Å². The van der Waals surface area contributed by atoms with Crippen LogP contribution in [0.1, 0.15) is 5.69 Å². The van der Waals surface area contributed by atoms with Crippen LogP contribution in [0.5, 0.6) is 11.5 Å². The second-order valence-corrected chi connectivity index (χ2v) is 5.48. The van der Waals surface area contributed by atoms with Crippen molar-refractivity contribution in [3.05, 3.63) is 66.6 Å². The molecule has 0 unspecified atom stereocenters. The third kappa shape index (κ3) is 2.74. The Morgan fingerprint density at radius 2 is 2.12 bits per heavy atom. The molecule has 0 aliphatic carbocycles. The van der Waals surface area contributed by atoms with Crippen LogP contribution in [0.3, 0.4) is 0 Å². The molecule has 4 aromatic rings. The molecular formula is C19H16N4O2. The summed E-state index contributed by atoms with van der Waals surface area (Å²) in [6.45, 7) is 0. The molecule has 0 amide bonds. The van der Waals surface area contributed by atoms with Crippen LogP contribution in [0.15, 0.2) is 65.9 Å². The Bertz CT molecular complexity index is 1050. The van der Waals surface area contributed by atoms with Crippen LogP contribution in [-0.2, 0) is 0 Å². The van der Waals surface area contributed by atoms with E-state index in [0.717, 1.165) is 16.9 Å². The van der Waals surface area contributed by atoms with Gasteiger partial charge < -0.3 is 14.8 Å². The maximum Gasteiger partial charge on any atom is 0.165 e. The van der Waals surface area contributed by atoms with Crippen LogP contribution < -0.4 is 4.74 Å². The predicted molar refractivity (Wildman–Crippen MR) is 96.9 cm³/mol. The lowest BCUT2D eigenvalue weighted by Crippen LogP contribution is -1.87. The zero-order chi connectivity index (χ0) is 17.2. The van der Waals surface area contributed by atoms with Gasteiger partial charge in [-0.3, -0.25) is 4.40 Å². The number of H-pyrrole nitrogens is 1. The third-order valence-electron chi connectivity index (χ3n) is 3.91. The molecule has 6 nitrogen and oxygen atoms in total. The highest BCUT2D eigenvalue weighted by Crippen LogP contribution is 2.36. The molecule has 124 valence electrons. The van der Waals surface area contributed by atoms with Crippen LogP contribution in [0, 0.1) is 0 Å². The van der Waals surface area contributed by atoms with Gasteiger partial charge in [0, 0.05) is 18.0 Å². The molecule has 3 heterocycles. The van der Waals surface area contributed by atoms with E-state index in [4.69, 9.17) is 4.74 Å². The van der Waals surface area contributed by atoms with Gasteiger partial charge >= 0.3 is 0 Å². The smallest absolute Gasteiger partial charge is 0.165 e. The van der Waals surface area contributed by atoms with Crippen molar-refractivity contribution in [2.24, 2.45) is 4.99 Å². The van der Waals surface area contributed by atoms with Gasteiger partial charge in [0.05, 0.1) is 19.0 Å².